The Bertz CT molecular complexity index is 356. The van der Waals surface area contributed by atoms with Crippen molar-refractivity contribution >= 4 is 0 Å². The molecule has 0 radical (unpaired) electrons. The maximum absolute atomic E-state index is 9.26. The SMILES string of the molecule is CN1CCC(N(CCO)Cc2cccn2C)CC1. The van der Waals surface area contributed by atoms with Gasteiger partial charge in [-0.25, -0.2) is 0 Å². The molecule has 2 heterocycles. The van der Waals surface area contributed by atoms with Crippen LogP contribution in [0.3, 0.4) is 0 Å². The summed E-state index contributed by atoms with van der Waals surface area (Å²) in [6.07, 6.45) is 4.50. The highest BCUT2D eigenvalue weighted by molar-refractivity contribution is 5.06. The van der Waals surface area contributed by atoms with E-state index in [-0.39, 0.29) is 6.61 Å². The molecule has 4 heteroatoms. The molecule has 0 aromatic carbocycles. The van der Waals surface area contributed by atoms with E-state index in [9.17, 15) is 5.11 Å². The molecule has 1 N–H and O–H groups in total. The molecule has 1 aromatic heterocycles. The molecule has 0 atom stereocenters. The largest absolute Gasteiger partial charge is 0.395 e. The first-order chi connectivity index (χ1) is 8.70. The number of hydrogen-bond acceptors (Lipinski definition) is 3. The summed E-state index contributed by atoms with van der Waals surface area (Å²) < 4.78 is 2.17. The molecule has 2 rings (SSSR count). The van der Waals surface area contributed by atoms with E-state index in [0.29, 0.717) is 6.04 Å². The number of likely N-dealkylation sites (tertiary alicyclic amines) is 1. The summed E-state index contributed by atoms with van der Waals surface area (Å²) in [5.41, 5.74) is 1.32. The van der Waals surface area contributed by atoms with Crippen LogP contribution in [0.15, 0.2) is 18.3 Å². The molecular weight excluding hydrogens is 226 g/mol. The third kappa shape index (κ3) is 3.34. The second kappa shape index (κ2) is 6.36. The number of nitrogens with zero attached hydrogens (tertiary/aromatic N) is 3. The van der Waals surface area contributed by atoms with Gasteiger partial charge in [0.1, 0.15) is 0 Å². The molecule has 0 aliphatic carbocycles. The van der Waals surface area contributed by atoms with E-state index < -0.39 is 0 Å². The van der Waals surface area contributed by atoms with Gasteiger partial charge in [-0.1, -0.05) is 0 Å². The maximum Gasteiger partial charge on any atom is 0.0558 e. The zero-order chi connectivity index (χ0) is 13.0. The van der Waals surface area contributed by atoms with Crippen molar-refractivity contribution in [1.82, 2.24) is 14.4 Å². The van der Waals surface area contributed by atoms with E-state index in [1.165, 1.54) is 31.6 Å². The first kappa shape index (κ1) is 13.6. The fraction of sp³-hybridized carbons (Fsp3) is 0.714. The van der Waals surface area contributed by atoms with Gasteiger partial charge in [0, 0.05) is 38.1 Å². The standard InChI is InChI=1S/C14H25N3O/c1-15-8-5-13(6-9-15)17(10-11-18)12-14-4-3-7-16(14)2/h3-4,7,13,18H,5-6,8-12H2,1-2H3. The Kier molecular flexibility index (Phi) is 4.80. The van der Waals surface area contributed by atoms with Gasteiger partial charge in [-0.05, 0) is 45.1 Å². The van der Waals surface area contributed by atoms with Crippen LogP contribution in [0, 0.1) is 0 Å². The van der Waals surface area contributed by atoms with Gasteiger partial charge in [-0.2, -0.15) is 0 Å². The average Bonchev–Trinajstić information content (AvgIpc) is 2.76. The minimum absolute atomic E-state index is 0.247. The Morgan fingerprint density at radius 3 is 2.61 bits per heavy atom. The van der Waals surface area contributed by atoms with Crippen molar-refractivity contribution in [1.29, 1.82) is 0 Å². The molecule has 0 bridgehead atoms. The van der Waals surface area contributed by atoms with E-state index in [1.54, 1.807) is 0 Å². The lowest BCUT2D eigenvalue weighted by Crippen LogP contribution is -2.44. The average molecular weight is 251 g/mol. The number of aliphatic hydroxyl groups is 1. The maximum atomic E-state index is 9.26. The monoisotopic (exact) mass is 251 g/mol. The van der Waals surface area contributed by atoms with Crippen LogP contribution < -0.4 is 0 Å². The van der Waals surface area contributed by atoms with E-state index >= 15 is 0 Å². The highest BCUT2D eigenvalue weighted by Crippen LogP contribution is 2.18. The van der Waals surface area contributed by atoms with Crippen molar-refractivity contribution in [2.75, 3.05) is 33.3 Å². The first-order valence-corrected chi connectivity index (χ1v) is 6.84. The summed E-state index contributed by atoms with van der Waals surface area (Å²) in [5.74, 6) is 0. The van der Waals surface area contributed by atoms with Crippen molar-refractivity contribution in [3.05, 3.63) is 24.0 Å². The zero-order valence-corrected chi connectivity index (χ0v) is 11.5. The van der Waals surface area contributed by atoms with Gasteiger partial charge in [-0.15, -0.1) is 0 Å². The Morgan fingerprint density at radius 2 is 2.06 bits per heavy atom. The van der Waals surface area contributed by atoms with Crippen molar-refractivity contribution in [2.45, 2.75) is 25.4 Å². The molecular formula is C14H25N3O. The topological polar surface area (TPSA) is 31.6 Å². The van der Waals surface area contributed by atoms with Gasteiger partial charge < -0.3 is 14.6 Å². The molecule has 0 amide bonds. The van der Waals surface area contributed by atoms with Crippen molar-refractivity contribution in [3.63, 3.8) is 0 Å². The van der Waals surface area contributed by atoms with E-state index in [1.807, 2.05) is 0 Å². The fourth-order valence-corrected chi connectivity index (χ4v) is 2.75. The van der Waals surface area contributed by atoms with Gasteiger partial charge >= 0.3 is 0 Å². The molecule has 4 nitrogen and oxygen atoms in total. The first-order valence-electron chi connectivity index (χ1n) is 6.84. The van der Waals surface area contributed by atoms with E-state index in [4.69, 9.17) is 0 Å². The fourth-order valence-electron chi connectivity index (χ4n) is 2.75. The number of hydrogen-bond donors (Lipinski definition) is 1. The summed E-state index contributed by atoms with van der Waals surface area (Å²) in [7, 11) is 4.27. The number of aromatic nitrogens is 1. The van der Waals surface area contributed by atoms with E-state index in [0.717, 1.165) is 13.1 Å². The Morgan fingerprint density at radius 1 is 1.33 bits per heavy atom. The highest BCUT2D eigenvalue weighted by atomic mass is 16.3. The zero-order valence-electron chi connectivity index (χ0n) is 11.5. The molecule has 102 valence electrons. The van der Waals surface area contributed by atoms with Crippen LogP contribution in [0.2, 0.25) is 0 Å². The van der Waals surface area contributed by atoms with Crippen molar-refractivity contribution in [2.24, 2.45) is 7.05 Å². The summed E-state index contributed by atoms with van der Waals surface area (Å²) in [4.78, 5) is 4.82. The van der Waals surface area contributed by atoms with Crippen LogP contribution in [-0.4, -0.2) is 58.8 Å². The molecule has 0 saturated carbocycles. The molecule has 18 heavy (non-hydrogen) atoms. The lowest BCUT2D eigenvalue weighted by Gasteiger charge is -2.37. The Balaban J connectivity index is 1.97. The molecule has 1 aromatic rings. The van der Waals surface area contributed by atoms with Gasteiger partial charge in [-0.3, -0.25) is 4.90 Å². The predicted octanol–water partition coefficient (Wildman–Crippen LogP) is 0.914. The van der Waals surface area contributed by atoms with Crippen LogP contribution in [0.5, 0.6) is 0 Å². The summed E-state index contributed by atoms with van der Waals surface area (Å²) in [6.45, 7) is 4.30. The summed E-state index contributed by atoms with van der Waals surface area (Å²) in [6, 6.07) is 4.86. The summed E-state index contributed by atoms with van der Waals surface area (Å²) >= 11 is 0. The molecule has 1 fully saturated rings. The predicted molar refractivity (Wildman–Crippen MR) is 73.4 cm³/mol. The van der Waals surface area contributed by atoms with Crippen LogP contribution in [0.4, 0.5) is 0 Å². The molecule has 0 spiro atoms. The lowest BCUT2D eigenvalue weighted by molar-refractivity contribution is 0.0924. The number of aryl methyl sites for hydroxylation is 1. The van der Waals surface area contributed by atoms with Crippen molar-refractivity contribution < 1.29 is 5.11 Å². The van der Waals surface area contributed by atoms with Crippen LogP contribution >= 0.6 is 0 Å². The van der Waals surface area contributed by atoms with Gasteiger partial charge in [0.15, 0.2) is 0 Å². The third-order valence-electron chi connectivity index (χ3n) is 4.01. The van der Waals surface area contributed by atoms with Gasteiger partial charge in [0.2, 0.25) is 0 Å². The van der Waals surface area contributed by atoms with Gasteiger partial charge in [0.05, 0.1) is 6.61 Å². The number of piperidine rings is 1. The quantitative estimate of drug-likeness (QED) is 0.844. The molecule has 0 unspecified atom stereocenters. The van der Waals surface area contributed by atoms with Crippen LogP contribution in [-0.2, 0) is 13.6 Å². The molecule has 1 aliphatic heterocycles. The second-order valence-electron chi connectivity index (χ2n) is 5.34. The third-order valence-corrected chi connectivity index (χ3v) is 4.01. The second-order valence-corrected chi connectivity index (χ2v) is 5.34. The molecule has 1 saturated heterocycles. The minimum Gasteiger partial charge on any atom is -0.395 e. The number of aliphatic hydroxyl groups excluding tert-OH is 1. The highest BCUT2D eigenvalue weighted by Gasteiger charge is 2.23. The Labute approximate surface area is 110 Å². The van der Waals surface area contributed by atoms with E-state index in [2.05, 4.69) is 46.8 Å². The minimum atomic E-state index is 0.247. The Hall–Kier alpha value is -0.840. The number of rotatable bonds is 5. The van der Waals surface area contributed by atoms with Gasteiger partial charge in [0.25, 0.3) is 0 Å². The normalized spacial score (nSPS) is 18.7. The summed E-state index contributed by atoms with van der Waals surface area (Å²) in [5, 5.41) is 9.26. The van der Waals surface area contributed by atoms with Crippen molar-refractivity contribution in [3.8, 4) is 0 Å². The lowest BCUT2D eigenvalue weighted by atomic mass is 10.0. The van der Waals surface area contributed by atoms with Crippen LogP contribution in [0.1, 0.15) is 18.5 Å². The molecule has 1 aliphatic rings. The van der Waals surface area contributed by atoms with Crippen LogP contribution in [0.25, 0.3) is 0 Å². The smallest absolute Gasteiger partial charge is 0.0558 e.